The summed E-state index contributed by atoms with van der Waals surface area (Å²) in [4.78, 5) is 21.1. The highest BCUT2D eigenvalue weighted by Gasteiger charge is 2.23. The Hall–Kier alpha value is -1.32. The fourth-order valence-corrected chi connectivity index (χ4v) is 3.77. The van der Waals surface area contributed by atoms with Crippen LogP contribution in [0.1, 0.15) is 18.4 Å². The number of nitrogens with one attached hydrogen (secondary N) is 1. The first-order valence-corrected chi connectivity index (χ1v) is 10.3. The number of halogens is 2. The minimum absolute atomic E-state index is 0. The van der Waals surface area contributed by atoms with E-state index < -0.39 is 0 Å². The van der Waals surface area contributed by atoms with Crippen molar-refractivity contribution in [1.82, 2.24) is 15.1 Å². The van der Waals surface area contributed by atoms with E-state index in [9.17, 15) is 4.79 Å². The number of aliphatic imine (C=N–C) groups is 1. The molecule has 1 amide bonds. The predicted octanol–water partition coefficient (Wildman–Crippen LogP) is 2.96. The standard InChI is InChI=1S/C21H29ClN4O2.HI/c1-23-21(24-8-5-17-6-13-28-14-7-17)26-11-9-25(10-12-26)20(27)16-18-3-2-4-19(22)15-18;/h2-4,6,15H,5,7-14,16H2,1H3,(H,23,24);1H. The third-order valence-corrected chi connectivity index (χ3v) is 5.41. The average molecular weight is 533 g/mol. The van der Waals surface area contributed by atoms with E-state index in [1.807, 2.05) is 36.2 Å². The fraction of sp³-hybridized carbons (Fsp3) is 0.524. The Kier molecular flexibility index (Phi) is 10.2. The Labute approximate surface area is 195 Å². The highest BCUT2D eigenvalue weighted by atomic mass is 127. The van der Waals surface area contributed by atoms with E-state index in [1.54, 1.807) is 0 Å². The van der Waals surface area contributed by atoms with Gasteiger partial charge in [-0.3, -0.25) is 9.79 Å². The SMILES string of the molecule is CN=C(NCCC1=CCOCC1)N1CCN(C(=O)Cc2cccc(Cl)c2)CC1.I. The second-order valence-corrected chi connectivity index (χ2v) is 7.52. The molecule has 2 aliphatic heterocycles. The summed E-state index contributed by atoms with van der Waals surface area (Å²) in [6, 6.07) is 7.51. The number of hydrogen-bond donors (Lipinski definition) is 1. The van der Waals surface area contributed by atoms with Crippen LogP contribution in [0.5, 0.6) is 0 Å². The van der Waals surface area contributed by atoms with Gasteiger partial charge >= 0.3 is 0 Å². The van der Waals surface area contributed by atoms with E-state index in [-0.39, 0.29) is 29.9 Å². The van der Waals surface area contributed by atoms with Crippen LogP contribution in [0.3, 0.4) is 0 Å². The van der Waals surface area contributed by atoms with Crippen LogP contribution in [0.15, 0.2) is 40.9 Å². The summed E-state index contributed by atoms with van der Waals surface area (Å²) >= 11 is 6.01. The van der Waals surface area contributed by atoms with Crippen LogP contribution in [0.2, 0.25) is 5.02 Å². The topological polar surface area (TPSA) is 57.2 Å². The van der Waals surface area contributed by atoms with E-state index in [2.05, 4.69) is 21.3 Å². The van der Waals surface area contributed by atoms with Crippen LogP contribution < -0.4 is 5.32 Å². The van der Waals surface area contributed by atoms with Crippen molar-refractivity contribution >= 4 is 47.4 Å². The molecule has 6 nitrogen and oxygen atoms in total. The molecular weight excluding hydrogens is 503 g/mol. The number of amides is 1. The van der Waals surface area contributed by atoms with Crippen molar-refractivity contribution in [3.05, 3.63) is 46.5 Å². The zero-order valence-corrected chi connectivity index (χ0v) is 20.0. The molecule has 1 fully saturated rings. The Morgan fingerprint density at radius 2 is 2.00 bits per heavy atom. The number of hydrogen-bond acceptors (Lipinski definition) is 3. The number of carbonyl (C=O) groups is 1. The van der Waals surface area contributed by atoms with Gasteiger partial charge in [-0.1, -0.05) is 35.4 Å². The lowest BCUT2D eigenvalue weighted by Gasteiger charge is -2.36. The highest BCUT2D eigenvalue weighted by molar-refractivity contribution is 14.0. The van der Waals surface area contributed by atoms with Gasteiger partial charge in [0, 0.05) is 44.8 Å². The third-order valence-electron chi connectivity index (χ3n) is 5.17. The molecule has 2 heterocycles. The zero-order valence-electron chi connectivity index (χ0n) is 16.9. The van der Waals surface area contributed by atoms with Gasteiger partial charge in [0.25, 0.3) is 0 Å². The molecule has 0 unspecified atom stereocenters. The van der Waals surface area contributed by atoms with Gasteiger partial charge in [-0.05, 0) is 30.5 Å². The van der Waals surface area contributed by atoms with E-state index in [4.69, 9.17) is 16.3 Å². The van der Waals surface area contributed by atoms with Crippen LogP contribution in [-0.4, -0.2) is 74.7 Å². The lowest BCUT2D eigenvalue weighted by Crippen LogP contribution is -2.54. The third kappa shape index (κ3) is 7.46. The molecule has 0 saturated carbocycles. The summed E-state index contributed by atoms with van der Waals surface area (Å²) in [7, 11) is 1.81. The van der Waals surface area contributed by atoms with Gasteiger partial charge in [0.05, 0.1) is 19.6 Å². The summed E-state index contributed by atoms with van der Waals surface area (Å²) in [6.07, 6.45) is 4.61. The van der Waals surface area contributed by atoms with Crippen LogP contribution >= 0.6 is 35.6 Å². The second kappa shape index (κ2) is 12.4. The van der Waals surface area contributed by atoms with Crippen molar-refractivity contribution in [1.29, 1.82) is 0 Å². The number of guanidine groups is 1. The Morgan fingerprint density at radius 1 is 1.24 bits per heavy atom. The first kappa shape index (κ1) is 24.0. The maximum absolute atomic E-state index is 12.6. The molecule has 1 aromatic rings. The van der Waals surface area contributed by atoms with Crippen LogP contribution in [-0.2, 0) is 16.0 Å². The van der Waals surface area contributed by atoms with Crippen molar-refractivity contribution in [2.75, 3.05) is 53.0 Å². The molecule has 0 aliphatic carbocycles. The molecule has 2 aliphatic rings. The molecule has 0 aromatic heterocycles. The molecule has 0 spiro atoms. The Bertz CT molecular complexity index is 733. The fourth-order valence-electron chi connectivity index (χ4n) is 3.56. The van der Waals surface area contributed by atoms with Crippen LogP contribution in [0, 0.1) is 0 Å². The largest absolute Gasteiger partial charge is 0.377 e. The van der Waals surface area contributed by atoms with Gasteiger partial charge in [0.2, 0.25) is 5.91 Å². The second-order valence-electron chi connectivity index (χ2n) is 7.09. The summed E-state index contributed by atoms with van der Waals surface area (Å²) in [5.41, 5.74) is 2.41. The molecule has 29 heavy (non-hydrogen) atoms. The Balaban J connectivity index is 0.00000300. The first-order valence-electron chi connectivity index (χ1n) is 9.89. The lowest BCUT2D eigenvalue weighted by molar-refractivity contribution is -0.131. The maximum atomic E-state index is 12.6. The lowest BCUT2D eigenvalue weighted by atomic mass is 10.1. The number of piperazine rings is 1. The summed E-state index contributed by atoms with van der Waals surface area (Å²) in [5.74, 6) is 1.06. The molecule has 0 atom stereocenters. The van der Waals surface area contributed by atoms with E-state index >= 15 is 0 Å². The summed E-state index contributed by atoms with van der Waals surface area (Å²) in [6.45, 7) is 5.42. The van der Waals surface area contributed by atoms with Crippen molar-refractivity contribution in [2.24, 2.45) is 4.99 Å². The average Bonchev–Trinajstić information content (AvgIpc) is 2.72. The smallest absolute Gasteiger partial charge is 0.227 e. The molecule has 0 radical (unpaired) electrons. The number of rotatable bonds is 5. The minimum Gasteiger partial charge on any atom is -0.377 e. The van der Waals surface area contributed by atoms with Gasteiger partial charge in [-0.25, -0.2) is 0 Å². The number of carbonyl (C=O) groups excluding carboxylic acids is 1. The maximum Gasteiger partial charge on any atom is 0.227 e. The van der Waals surface area contributed by atoms with Gasteiger partial charge in [0.15, 0.2) is 5.96 Å². The predicted molar refractivity (Wildman–Crippen MR) is 128 cm³/mol. The molecule has 8 heteroatoms. The molecule has 1 aromatic carbocycles. The van der Waals surface area contributed by atoms with Gasteiger partial charge in [-0.2, -0.15) is 0 Å². The van der Waals surface area contributed by atoms with Gasteiger partial charge in [0.1, 0.15) is 0 Å². The minimum atomic E-state index is 0. The number of benzene rings is 1. The van der Waals surface area contributed by atoms with E-state index in [0.29, 0.717) is 24.5 Å². The van der Waals surface area contributed by atoms with Crippen molar-refractivity contribution in [3.8, 4) is 0 Å². The van der Waals surface area contributed by atoms with E-state index in [0.717, 1.165) is 57.2 Å². The molecule has 3 rings (SSSR count). The van der Waals surface area contributed by atoms with Crippen molar-refractivity contribution < 1.29 is 9.53 Å². The van der Waals surface area contributed by atoms with E-state index in [1.165, 1.54) is 5.57 Å². The highest BCUT2D eigenvalue weighted by Crippen LogP contribution is 2.13. The Morgan fingerprint density at radius 3 is 2.66 bits per heavy atom. The number of nitrogens with zero attached hydrogens (tertiary/aromatic N) is 3. The molecule has 0 bridgehead atoms. The quantitative estimate of drug-likeness (QED) is 0.274. The normalized spacial score (nSPS) is 17.4. The monoisotopic (exact) mass is 532 g/mol. The molecular formula is C21H30ClIN4O2. The number of ether oxygens (including phenoxy) is 1. The molecule has 160 valence electrons. The van der Waals surface area contributed by atoms with Crippen molar-refractivity contribution in [3.63, 3.8) is 0 Å². The zero-order chi connectivity index (χ0) is 19.8. The molecule has 1 N–H and O–H groups in total. The van der Waals surface area contributed by atoms with Crippen molar-refractivity contribution in [2.45, 2.75) is 19.3 Å². The van der Waals surface area contributed by atoms with Gasteiger partial charge < -0.3 is 19.9 Å². The van der Waals surface area contributed by atoms with Crippen LogP contribution in [0.25, 0.3) is 0 Å². The summed E-state index contributed by atoms with van der Waals surface area (Å²) < 4.78 is 5.35. The first-order chi connectivity index (χ1) is 13.7. The van der Waals surface area contributed by atoms with Gasteiger partial charge in [-0.15, -0.1) is 24.0 Å². The summed E-state index contributed by atoms with van der Waals surface area (Å²) in [5, 5.41) is 4.12. The van der Waals surface area contributed by atoms with Crippen LogP contribution in [0.4, 0.5) is 0 Å². The molecule has 1 saturated heterocycles.